The largest absolute Gasteiger partial charge is 0.310 e. The second-order valence-corrected chi connectivity index (χ2v) is 10.2. The smallest absolute Gasteiger partial charge is 0.244 e. The van der Waals surface area contributed by atoms with Crippen molar-refractivity contribution in [1.82, 2.24) is 9.62 Å². The maximum atomic E-state index is 12.6. The molecule has 21 heavy (non-hydrogen) atoms. The third-order valence-corrected chi connectivity index (χ3v) is 7.42. The minimum atomic E-state index is -3.42. The van der Waals surface area contributed by atoms with E-state index in [1.807, 2.05) is 0 Å². The van der Waals surface area contributed by atoms with Crippen LogP contribution < -0.4 is 5.32 Å². The Morgan fingerprint density at radius 2 is 2.00 bits per heavy atom. The highest BCUT2D eigenvalue weighted by molar-refractivity contribution is 9.11. The van der Waals surface area contributed by atoms with E-state index in [0.717, 1.165) is 11.3 Å². The van der Waals surface area contributed by atoms with E-state index in [2.05, 4.69) is 48.9 Å². The van der Waals surface area contributed by atoms with Crippen molar-refractivity contribution in [2.75, 3.05) is 13.6 Å². The van der Waals surface area contributed by atoms with Gasteiger partial charge in [-0.15, -0.1) is 11.3 Å². The van der Waals surface area contributed by atoms with Crippen LogP contribution in [0, 0.1) is 5.92 Å². The van der Waals surface area contributed by atoms with Crippen molar-refractivity contribution in [2.24, 2.45) is 5.92 Å². The molecule has 0 aliphatic rings. The summed E-state index contributed by atoms with van der Waals surface area (Å²) in [5.74, 6) is 0.351. The average Bonchev–Trinajstić information content (AvgIpc) is 2.78. The number of thiophene rings is 1. The van der Waals surface area contributed by atoms with Crippen molar-refractivity contribution in [3.8, 4) is 0 Å². The number of halogens is 1. The van der Waals surface area contributed by atoms with E-state index in [-0.39, 0.29) is 0 Å². The zero-order chi connectivity index (χ0) is 16.2. The monoisotopic (exact) mass is 396 g/mol. The maximum Gasteiger partial charge on any atom is 0.244 e. The third kappa shape index (κ3) is 5.32. The van der Waals surface area contributed by atoms with Gasteiger partial charge < -0.3 is 5.32 Å². The molecule has 0 saturated carbocycles. The minimum Gasteiger partial charge on any atom is -0.310 e. The summed E-state index contributed by atoms with van der Waals surface area (Å²) in [4.78, 5) is 1.39. The van der Waals surface area contributed by atoms with Crippen LogP contribution in [-0.4, -0.2) is 32.4 Å². The highest BCUT2D eigenvalue weighted by Gasteiger charge is 2.26. The van der Waals surface area contributed by atoms with Gasteiger partial charge in [0.2, 0.25) is 10.0 Å². The molecule has 0 bridgehead atoms. The lowest BCUT2D eigenvalue weighted by atomic mass is 10.1. The van der Waals surface area contributed by atoms with Crippen LogP contribution in [0.1, 0.15) is 39.0 Å². The van der Waals surface area contributed by atoms with Gasteiger partial charge in [-0.1, -0.05) is 34.1 Å². The van der Waals surface area contributed by atoms with Crippen molar-refractivity contribution >= 4 is 37.3 Å². The summed E-state index contributed by atoms with van der Waals surface area (Å²) < 4.78 is 27.4. The fraction of sp³-hybridized carbons (Fsp3) is 0.714. The van der Waals surface area contributed by atoms with Gasteiger partial charge in [0, 0.05) is 31.1 Å². The Morgan fingerprint density at radius 3 is 2.52 bits per heavy atom. The predicted octanol–water partition coefficient (Wildman–Crippen LogP) is 3.68. The summed E-state index contributed by atoms with van der Waals surface area (Å²) in [5, 5.41) is 3.31. The zero-order valence-electron chi connectivity index (χ0n) is 13.3. The molecule has 0 radical (unpaired) electrons. The van der Waals surface area contributed by atoms with Gasteiger partial charge in [0.15, 0.2) is 0 Å². The van der Waals surface area contributed by atoms with Gasteiger partial charge in [-0.05, 0) is 27.9 Å². The Morgan fingerprint density at radius 1 is 1.38 bits per heavy atom. The van der Waals surface area contributed by atoms with E-state index < -0.39 is 10.0 Å². The molecule has 1 atom stereocenters. The summed E-state index contributed by atoms with van der Waals surface area (Å²) in [6.07, 6.45) is 0.966. The number of rotatable bonds is 8. The van der Waals surface area contributed by atoms with Gasteiger partial charge in [0.1, 0.15) is 4.90 Å². The molecule has 1 N–H and O–H groups in total. The van der Waals surface area contributed by atoms with Crippen LogP contribution in [0.15, 0.2) is 14.7 Å². The molecule has 122 valence electrons. The molecular weight excluding hydrogens is 372 g/mol. The summed E-state index contributed by atoms with van der Waals surface area (Å²) in [6.45, 7) is 9.50. The Labute approximate surface area is 141 Å². The van der Waals surface area contributed by atoms with Crippen molar-refractivity contribution < 1.29 is 8.42 Å². The van der Waals surface area contributed by atoms with Crippen LogP contribution in [0.3, 0.4) is 0 Å². The molecule has 1 aromatic heterocycles. The van der Waals surface area contributed by atoms with Crippen LogP contribution in [0.2, 0.25) is 0 Å². The topological polar surface area (TPSA) is 49.4 Å². The Hall–Kier alpha value is 0.0500. The fourth-order valence-electron chi connectivity index (χ4n) is 1.80. The van der Waals surface area contributed by atoms with Gasteiger partial charge in [-0.3, -0.25) is 0 Å². The number of hydrogen-bond acceptors (Lipinski definition) is 4. The van der Waals surface area contributed by atoms with E-state index in [1.54, 1.807) is 13.1 Å². The SMILES string of the molecule is CCC(C)CN(C)S(=O)(=O)c1cc(CNC(C)C)sc1Br. The standard InChI is InChI=1S/C14H25BrN2O2S2/c1-6-11(4)9-17(5)21(18,19)13-7-12(20-14(13)15)8-16-10(2)3/h7,10-11,16H,6,8-9H2,1-5H3. The van der Waals surface area contributed by atoms with Gasteiger partial charge in [0.25, 0.3) is 0 Å². The first-order valence-corrected chi connectivity index (χ1v) is 10.2. The molecule has 7 heteroatoms. The molecule has 0 amide bonds. The molecular formula is C14H25BrN2O2S2. The molecule has 1 rings (SSSR count). The maximum absolute atomic E-state index is 12.6. The van der Waals surface area contributed by atoms with E-state index in [1.165, 1.54) is 15.6 Å². The van der Waals surface area contributed by atoms with Gasteiger partial charge in [-0.2, -0.15) is 0 Å². The first-order valence-electron chi connectivity index (χ1n) is 7.16. The summed E-state index contributed by atoms with van der Waals surface area (Å²) in [7, 11) is -1.77. The van der Waals surface area contributed by atoms with Crippen molar-refractivity contribution in [1.29, 1.82) is 0 Å². The van der Waals surface area contributed by atoms with Gasteiger partial charge in [0.05, 0.1) is 3.79 Å². The van der Waals surface area contributed by atoms with E-state index in [0.29, 0.717) is 33.7 Å². The molecule has 0 fully saturated rings. The van der Waals surface area contributed by atoms with E-state index >= 15 is 0 Å². The quantitative estimate of drug-likeness (QED) is 0.728. The predicted molar refractivity (Wildman–Crippen MR) is 93.3 cm³/mol. The molecule has 0 aliphatic carbocycles. The van der Waals surface area contributed by atoms with Gasteiger partial charge >= 0.3 is 0 Å². The summed E-state index contributed by atoms with van der Waals surface area (Å²) >= 11 is 4.87. The Kier molecular flexibility index (Phi) is 7.33. The number of nitrogens with one attached hydrogen (secondary N) is 1. The number of nitrogens with zero attached hydrogens (tertiary/aromatic N) is 1. The lowest BCUT2D eigenvalue weighted by Gasteiger charge is -2.20. The molecule has 0 saturated heterocycles. The molecule has 1 aromatic rings. The molecule has 1 unspecified atom stereocenters. The average molecular weight is 397 g/mol. The highest BCUT2D eigenvalue weighted by atomic mass is 79.9. The second kappa shape index (κ2) is 8.06. The van der Waals surface area contributed by atoms with E-state index in [9.17, 15) is 8.42 Å². The van der Waals surface area contributed by atoms with Crippen LogP contribution in [0.4, 0.5) is 0 Å². The zero-order valence-corrected chi connectivity index (χ0v) is 16.5. The molecule has 1 heterocycles. The van der Waals surface area contributed by atoms with Crippen molar-refractivity contribution in [3.05, 3.63) is 14.7 Å². The lowest BCUT2D eigenvalue weighted by molar-refractivity contribution is 0.393. The van der Waals surface area contributed by atoms with Crippen molar-refractivity contribution in [3.63, 3.8) is 0 Å². The Balaban J connectivity index is 2.92. The minimum absolute atomic E-state index is 0.351. The fourth-order valence-corrected chi connectivity index (χ4v) is 5.67. The van der Waals surface area contributed by atoms with Crippen LogP contribution in [0.5, 0.6) is 0 Å². The number of sulfonamides is 1. The third-order valence-electron chi connectivity index (χ3n) is 3.34. The van der Waals surface area contributed by atoms with Crippen LogP contribution in [-0.2, 0) is 16.6 Å². The van der Waals surface area contributed by atoms with E-state index in [4.69, 9.17) is 0 Å². The molecule has 0 spiro atoms. The molecule has 0 aliphatic heterocycles. The highest BCUT2D eigenvalue weighted by Crippen LogP contribution is 2.33. The lowest BCUT2D eigenvalue weighted by Crippen LogP contribution is -2.31. The summed E-state index contributed by atoms with van der Waals surface area (Å²) in [5.41, 5.74) is 0. The van der Waals surface area contributed by atoms with Crippen LogP contribution in [0.25, 0.3) is 0 Å². The second-order valence-electron chi connectivity index (χ2n) is 5.69. The van der Waals surface area contributed by atoms with Crippen LogP contribution >= 0.6 is 27.3 Å². The van der Waals surface area contributed by atoms with Gasteiger partial charge in [-0.25, -0.2) is 12.7 Å². The molecule has 0 aromatic carbocycles. The Bertz CT molecular complexity index is 555. The normalized spacial score (nSPS) is 14.1. The van der Waals surface area contributed by atoms with Crippen molar-refractivity contribution in [2.45, 2.75) is 51.6 Å². The first kappa shape index (κ1) is 19.1. The first-order chi connectivity index (χ1) is 9.68. The number of hydrogen-bond donors (Lipinski definition) is 1. The molecule has 4 nitrogen and oxygen atoms in total. The summed E-state index contributed by atoms with van der Waals surface area (Å²) in [6, 6.07) is 2.14.